The van der Waals surface area contributed by atoms with E-state index in [-0.39, 0.29) is 5.91 Å². The van der Waals surface area contributed by atoms with Crippen molar-refractivity contribution in [2.75, 3.05) is 19.7 Å². The van der Waals surface area contributed by atoms with E-state index in [0.29, 0.717) is 38.8 Å². The molecule has 21 heavy (non-hydrogen) atoms. The van der Waals surface area contributed by atoms with Crippen molar-refractivity contribution in [3.63, 3.8) is 0 Å². The van der Waals surface area contributed by atoms with Crippen LogP contribution in [0.1, 0.15) is 25.7 Å². The highest BCUT2D eigenvalue weighted by atomic mass is 16.4. The zero-order chi connectivity index (χ0) is 15.6. The largest absolute Gasteiger partial charge is 0.480 e. The van der Waals surface area contributed by atoms with Crippen LogP contribution in [-0.4, -0.2) is 75.6 Å². The number of hydrogen-bond donors (Lipinski definition) is 3. The van der Waals surface area contributed by atoms with Crippen molar-refractivity contribution in [2.24, 2.45) is 5.73 Å². The lowest BCUT2D eigenvalue weighted by atomic mass is 10.1. The van der Waals surface area contributed by atoms with E-state index >= 15 is 0 Å². The van der Waals surface area contributed by atoms with Gasteiger partial charge in [-0.3, -0.25) is 9.59 Å². The number of rotatable bonds is 4. The quantitative estimate of drug-likeness (QED) is 0.572. The number of aliphatic hydroxyl groups is 1. The second-order valence-electron chi connectivity index (χ2n) is 5.51. The molecule has 0 bridgehead atoms. The Morgan fingerprint density at radius 1 is 1.10 bits per heavy atom. The zero-order valence-electron chi connectivity index (χ0n) is 11.8. The fraction of sp³-hybridized carbons (Fsp3) is 0.769. The van der Waals surface area contributed by atoms with Gasteiger partial charge < -0.3 is 25.7 Å². The summed E-state index contributed by atoms with van der Waals surface area (Å²) >= 11 is 0. The van der Waals surface area contributed by atoms with E-state index in [4.69, 9.17) is 15.9 Å². The molecule has 2 saturated heterocycles. The standard InChI is InChI=1S/C13H21N3O5/c14-8(7-17)11(18)15-5-1-3-9(15)12(19)16-6-2-4-10(16)13(20)21/h8-10,17H,1-7,14H2,(H,20,21)/t8-,9-,10-/m0/s1. The molecule has 0 saturated carbocycles. The maximum atomic E-state index is 12.6. The van der Waals surface area contributed by atoms with Crippen molar-refractivity contribution >= 4 is 17.8 Å². The van der Waals surface area contributed by atoms with Crippen molar-refractivity contribution in [3.8, 4) is 0 Å². The van der Waals surface area contributed by atoms with Crippen LogP contribution in [0, 0.1) is 0 Å². The molecule has 118 valence electrons. The second-order valence-corrected chi connectivity index (χ2v) is 5.51. The number of carboxylic acid groups (broad SMARTS) is 1. The molecule has 8 nitrogen and oxygen atoms in total. The third kappa shape index (κ3) is 3.01. The molecule has 2 heterocycles. The SMILES string of the molecule is N[C@@H](CO)C(=O)N1CCC[C@H]1C(=O)N1CCC[C@H]1C(=O)O. The number of aliphatic hydroxyl groups excluding tert-OH is 1. The Balaban J connectivity index is 2.10. The van der Waals surface area contributed by atoms with E-state index < -0.39 is 36.6 Å². The van der Waals surface area contributed by atoms with E-state index in [2.05, 4.69) is 0 Å². The van der Waals surface area contributed by atoms with E-state index in [1.165, 1.54) is 9.80 Å². The number of nitrogens with two attached hydrogens (primary N) is 1. The highest BCUT2D eigenvalue weighted by molar-refractivity contribution is 5.92. The van der Waals surface area contributed by atoms with Crippen LogP contribution in [0.25, 0.3) is 0 Å². The van der Waals surface area contributed by atoms with E-state index in [9.17, 15) is 14.4 Å². The summed E-state index contributed by atoms with van der Waals surface area (Å²) in [6.07, 6.45) is 2.27. The van der Waals surface area contributed by atoms with E-state index in [1.54, 1.807) is 0 Å². The molecule has 0 aromatic heterocycles. The summed E-state index contributed by atoms with van der Waals surface area (Å²) in [5, 5.41) is 18.1. The van der Waals surface area contributed by atoms with Gasteiger partial charge in [0.2, 0.25) is 11.8 Å². The Morgan fingerprint density at radius 3 is 2.24 bits per heavy atom. The second kappa shape index (κ2) is 6.40. The first kappa shape index (κ1) is 15.7. The molecule has 2 amide bonds. The van der Waals surface area contributed by atoms with Gasteiger partial charge in [0.05, 0.1) is 6.61 Å². The summed E-state index contributed by atoms with van der Waals surface area (Å²) in [4.78, 5) is 38.5. The van der Waals surface area contributed by atoms with Gasteiger partial charge in [-0.1, -0.05) is 0 Å². The molecule has 0 unspecified atom stereocenters. The number of carboxylic acids is 1. The average Bonchev–Trinajstić information content (AvgIpc) is 3.13. The Hall–Kier alpha value is -1.67. The van der Waals surface area contributed by atoms with Gasteiger partial charge in [0.1, 0.15) is 18.1 Å². The van der Waals surface area contributed by atoms with Gasteiger partial charge in [-0.15, -0.1) is 0 Å². The molecule has 2 aliphatic rings. The number of nitrogens with zero attached hydrogens (tertiary/aromatic N) is 2. The maximum absolute atomic E-state index is 12.6. The molecule has 0 aromatic rings. The van der Waals surface area contributed by atoms with Crippen molar-refractivity contribution in [1.82, 2.24) is 9.80 Å². The lowest BCUT2D eigenvalue weighted by molar-refractivity contribution is -0.152. The first-order valence-electron chi connectivity index (χ1n) is 7.17. The van der Waals surface area contributed by atoms with Gasteiger partial charge in [-0.25, -0.2) is 4.79 Å². The van der Waals surface area contributed by atoms with Crippen molar-refractivity contribution < 1.29 is 24.6 Å². The highest BCUT2D eigenvalue weighted by Crippen LogP contribution is 2.25. The molecule has 8 heteroatoms. The Kier molecular flexibility index (Phi) is 4.79. The highest BCUT2D eigenvalue weighted by Gasteiger charge is 2.42. The lowest BCUT2D eigenvalue weighted by Crippen LogP contribution is -2.54. The fourth-order valence-corrected chi connectivity index (χ4v) is 3.06. The van der Waals surface area contributed by atoms with Crippen LogP contribution in [-0.2, 0) is 14.4 Å². The van der Waals surface area contributed by atoms with Crippen LogP contribution in [0.2, 0.25) is 0 Å². The number of carbonyl (C=O) groups is 3. The van der Waals surface area contributed by atoms with Crippen LogP contribution >= 0.6 is 0 Å². The minimum absolute atomic E-state index is 0.323. The summed E-state index contributed by atoms with van der Waals surface area (Å²) in [5.74, 6) is -1.79. The predicted molar refractivity (Wildman–Crippen MR) is 72.2 cm³/mol. The van der Waals surface area contributed by atoms with Crippen LogP contribution in [0.5, 0.6) is 0 Å². The third-order valence-corrected chi connectivity index (χ3v) is 4.16. The molecular weight excluding hydrogens is 278 g/mol. The van der Waals surface area contributed by atoms with Crippen LogP contribution in [0.15, 0.2) is 0 Å². The Bertz CT molecular complexity index is 442. The first-order chi connectivity index (χ1) is 9.97. The van der Waals surface area contributed by atoms with Crippen molar-refractivity contribution in [1.29, 1.82) is 0 Å². The van der Waals surface area contributed by atoms with Gasteiger partial charge in [0.15, 0.2) is 0 Å². The molecule has 2 aliphatic heterocycles. The van der Waals surface area contributed by atoms with Gasteiger partial charge in [-0.05, 0) is 25.7 Å². The molecule has 0 spiro atoms. The van der Waals surface area contributed by atoms with Gasteiger partial charge in [0.25, 0.3) is 0 Å². The molecular formula is C13H21N3O5. The minimum atomic E-state index is -1.03. The first-order valence-corrected chi connectivity index (χ1v) is 7.17. The van der Waals surface area contributed by atoms with Crippen LogP contribution in [0.4, 0.5) is 0 Å². The molecule has 2 fully saturated rings. The molecule has 0 radical (unpaired) electrons. The average molecular weight is 299 g/mol. The normalized spacial score (nSPS) is 27.0. The minimum Gasteiger partial charge on any atom is -0.480 e. The van der Waals surface area contributed by atoms with Crippen LogP contribution in [0.3, 0.4) is 0 Å². The summed E-state index contributed by atoms with van der Waals surface area (Å²) in [5.41, 5.74) is 5.53. The third-order valence-electron chi connectivity index (χ3n) is 4.16. The van der Waals surface area contributed by atoms with Crippen molar-refractivity contribution in [3.05, 3.63) is 0 Å². The summed E-state index contributed by atoms with van der Waals surface area (Å²) in [6, 6.07) is -2.50. The number of hydrogen-bond acceptors (Lipinski definition) is 5. The Morgan fingerprint density at radius 2 is 1.67 bits per heavy atom. The number of aliphatic carboxylic acids is 1. The predicted octanol–water partition coefficient (Wildman–Crippen LogP) is -1.63. The molecule has 0 aromatic carbocycles. The summed E-state index contributed by atoms with van der Waals surface area (Å²) in [7, 11) is 0. The smallest absolute Gasteiger partial charge is 0.326 e. The molecule has 2 rings (SSSR count). The number of likely N-dealkylation sites (tertiary alicyclic amines) is 2. The number of carbonyl (C=O) groups excluding carboxylic acids is 2. The maximum Gasteiger partial charge on any atom is 0.326 e. The lowest BCUT2D eigenvalue weighted by Gasteiger charge is -2.31. The van der Waals surface area contributed by atoms with E-state index in [0.717, 1.165) is 0 Å². The van der Waals surface area contributed by atoms with Gasteiger partial charge in [0, 0.05) is 13.1 Å². The number of amides is 2. The van der Waals surface area contributed by atoms with Gasteiger partial charge in [-0.2, -0.15) is 0 Å². The van der Waals surface area contributed by atoms with Gasteiger partial charge >= 0.3 is 5.97 Å². The summed E-state index contributed by atoms with van der Waals surface area (Å²) < 4.78 is 0. The monoisotopic (exact) mass is 299 g/mol. The topological polar surface area (TPSA) is 124 Å². The zero-order valence-corrected chi connectivity index (χ0v) is 11.8. The van der Waals surface area contributed by atoms with E-state index in [1.807, 2.05) is 0 Å². The summed E-state index contributed by atoms with van der Waals surface area (Å²) in [6.45, 7) is 0.340. The molecule has 4 N–H and O–H groups in total. The Labute approximate surface area is 122 Å². The molecule has 0 aliphatic carbocycles. The van der Waals surface area contributed by atoms with Crippen molar-refractivity contribution in [2.45, 2.75) is 43.8 Å². The molecule has 3 atom stereocenters. The fourth-order valence-electron chi connectivity index (χ4n) is 3.06. The van der Waals surface area contributed by atoms with Crippen LogP contribution < -0.4 is 5.73 Å².